The monoisotopic (exact) mass is 439 g/mol. The van der Waals surface area contributed by atoms with E-state index in [1.807, 2.05) is 22.1 Å². The van der Waals surface area contributed by atoms with Crippen LogP contribution in [0.4, 0.5) is 11.4 Å². The average molecular weight is 440 g/mol. The summed E-state index contributed by atoms with van der Waals surface area (Å²) in [5.74, 6) is 0.462. The van der Waals surface area contributed by atoms with E-state index in [1.165, 1.54) is 6.26 Å². The molecule has 3 heterocycles. The molecule has 2 amide bonds. The number of carbonyl (C=O) groups excluding carboxylic acids is 2. The predicted molar refractivity (Wildman–Crippen MR) is 117 cm³/mol. The Labute approximate surface area is 180 Å². The van der Waals surface area contributed by atoms with Crippen LogP contribution in [0.5, 0.6) is 0 Å². The highest BCUT2D eigenvalue weighted by atomic mass is 32.1. The summed E-state index contributed by atoms with van der Waals surface area (Å²) in [6.07, 6.45) is 1.68. The van der Waals surface area contributed by atoms with Gasteiger partial charge in [-0.05, 0) is 60.1 Å². The zero-order valence-corrected chi connectivity index (χ0v) is 17.3. The lowest BCUT2D eigenvalue weighted by atomic mass is 10.2. The van der Waals surface area contributed by atoms with Crippen molar-refractivity contribution in [1.82, 2.24) is 14.8 Å². The molecule has 10 heteroatoms. The highest BCUT2D eigenvalue weighted by Crippen LogP contribution is 2.23. The minimum atomic E-state index is -0.338. The number of H-pyrrole nitrogens is 1. The summed E-state index contributed by atoms with van der Waals surface area (Å²) in [7, 11) is 0. The van der Waals surface area contributed by atoms with Gasteiger partial charge >= 0.3 is 0 Å². The molecular formula is C20H17N5O3S2. The fourth-order valence-corrected chi connectivity index (χ4v) is 3.74. The summed E-state index contributed by atoms with van der Waals surface area (Å²) in [5.41, 5.74) is 1.23. The Bertz CT molecular complexity index is 1190. The Morgan fingerprint density at radius 3 is 2.53 bits per heavy atom. The van der Waals surface area contributed by atoms with E-state index in [0.717, 1.165) is 10.7 Å². The van der Waals surface area contributed by atoms with Gasteiger partial charge in [0.15, 0.2) is 16.4 Å². The van der Waals surface area contributed by atoms with Gasteiger partial charge in [-0.25, -0.2) is 0 Å². The third kappa shape index (κ3) is 4.56. The van der Waals surface area contributed by atoms with Crippen molar-refractivity contribution in [2.75, 3.05) is 10.6 Å². The van der Waals surface area contributed by atoms with Crippen molar-refractivity contribution in [3.05, 3.63) is 70.7 Å². The van der Waals surface area contributed by atoms with Gasteiger partial charge in [-0.1, -0.05) is 6.07 Å². The molecule has 30 heavy (non-hydrogen) atoms. The Morgan fingerprint density at radius 2 is 1.87 bits per heavy atom. The molecule has 4 aromatic rings. The van der Waals surface area contributed by atoms with Crippen LogP contribution >= 0.6 is 23.6 Å². The lowest BCUT2D eigenvalue weighted by Gasteiger charge is -2.08. The molecule has 0 unspecified atom stereocenters. The number of carbonyl (C=O) groups is 2. The van der Waals surface area contributed by atoms with E-state index in [1.54, 1.807) is 47.7 Å². The number of hydrogen-bond acceptors (Lipinski definition) is 6. The summed E-state index contributed by atoms with van der Waals surface area (Å²) in [5, 5.41) is 14.6. The molecule has 8 nitrogen and oxygen atoms in total. The zero-order valence-electron chi connectivity index (χ0n) is 15.6. The van der Waals surface area contributed by atoms with Crippen LogP contribution in [0.3, 0.4) is 0 Å². The molecule has 0 aliphatic heterocycles. The van der Waals surface area contributed by atoms with E-state index in [-0.39, 0.29) is 24.0 Å². The molecule has 0 fully saturated rings. The molecule has 0 aliphatic rings. The highest BCUT2D eigenvalue weighted by molar-refractivity contribution is 7.71. The second-order valence-corrected chi connectivity index (χ2v) is 7.62. The average Bonchev–Trinajstić information content (AvgIpc) is 3.50. The summed E-state index contributed by atoms with van der Waals surface area (Å²) in [6.45, 7) is 0.408. The van der Waals surface area contributed by atoms with Gasteiger partial charge in [-0.3, -0.25) is 19.3 Å². The lowest BCUT2D eigenvalue weighted by Crippen LogP contribution is -2.15. The number of hydrogen-bond donors (Lipinski definition) is 3. The first-order valence-corrected chi connectivity index (χ1v) is 10.3. The van der Waals surface area contributed by atoms with Gasteiger partial charge in [0.2, 0.25) is 5.91 Å². The SMILES string of the molecule is O=C(CCn1c(-c2cccs2)n[nH]c1=S)Nc1ccc(NC(=O)c2ccco2)cc1. The number of aromatic nitrogens is 3. The molecule has 3 aromatic heterocycles. The fourth-order valence-electron chi connectivity index (χ4n) is 2.79. The molecule has 0 saturated heterocycles. The number of rotatable bonds is 7. The molecule has 3 N–H and O–H groups in total. The van der Waals surface area contributed by atoms with Gasteiger partial charge in [0.1, 0.15) is 0 Å². The highest BCUT2D eigenvalue weighted by Gasteiger charge is 2.12. The maximum atomic E-state index is 12.4. The molecule has 1 aromatic carbocycles. The number of nitrogens with zero attached hydrogens (tertiary/aromatic N) is 2. The van der Waals surface area contributed by atoms with Gasteiger partial charge < -0.3 is 15.1 Å². The minimum Gasteiger partial charge on any atom is -0.459 e. The number of benzene rings is 1. The van der Waals surface area contributed by atoms with E-state index in [4.69, 9.17) is 16.6 Å². The molecule has 0 spiro atoms. The van der Waals surface area contributed by atoms with Crippen LogP contribution in [0, 0.1) is 4.77 Å². The molecular weight excluding hydrogens is 422 g/mol. The third-order valence-corrected chi connectivity index (χ3v) is 5.41. The maximum Gasteiger partial charge on any atom is 0.291 e. The molecule has 152 valence electrons. The summed E-state index contributed by atoms with van der Waals surface area (Å²) >= 11 is 6.84. The van der Waals surface area contributed by atoms with E-state index < -0.39 is 0 Å². The van der Waals surface area contributed by atoms with Crippen molar-refractivity contribution in [1.29, 1.82) is 0 Å². The predicted octanol–water partition coefficient (Wildman–Crippen LogP) is 4.54. The first-order valence-electron chi connectivity index (χ1n) is 9.04. The molecule has 0 aliphatic carbocycles. The largest absolute Gasteiger partial charge is 0.459 e. The van der Waals surface area contributed by atoms with Crippen molar-refractivity contribution in [3.63, 3.8) is 0 Å². The quantitative estimate of drug-likeness (QED) is 0.367. The number of aromatic amines is 1. The van der Waals surface area contributed by atoms with Crippen LogP contribution in [0.15, 0.2) is 64.6 Å². The first-order chi connectivity index (χ1) is 14.6. The Balaban J connectivity index is 1.33. The topological polar surface area (TPSA) is 105 Å². The van der Waals surface area contributed by atoms with Crippen molar-refractivity contribution in [3.8, 4) is 10.7 Å². The molecule has 4 rings (SSSR count). The minimum absolute atomic E-state index is 0.150. The Kier molecular flexibility index (Phi) is 5.87. The molecule has 0 bridgehead atoms. The van der Waals surface area contributed by atoms with Gasteiger partial charge in [-0.15, -0.1) is 11.3 Å². The zero-order chi connectivity index (χ0) is 20.9. The van der Waals surface area contributed by atoms with Gasteiger partial charge in [0.05, 0.1) is 11.1 Å². The van der Waals surface area contributed by atoms with Crippen LogP contribution < -0.4 is 10.6 Å². The smallest absolute Gasteiger partial charge is 0.291 e. The van der Waals surface area contributed by atoms with Crippen LogP contribution in [0.25, 0.3) is 10.7 Å². The summed E-state index contributed by atoms with van der Waals surface area (Å²) in [6, 6.07) is 14.0. The second kappa shape index (κ2) is 8.89. The van der Waals surface area contributed by atoms with Crippen LogP contribution in [-0.2, 0) is 11.3 Å². The van der Waals surface area contributed by atoms with Gasteiger partial charge in [0.25, 0.3) is 5.91 Å². The maximum absolute atomic E-state index is 12.4. The summed E-state index contributed by atoms with van der Waals surface area (Å²) < 4.78 is 7.35. The number of anilines is 2. The van der Waals surface area contributed by atoms with E-state index >= 15 is 0 Å². The van der Waals surface area contributed by atoms with Crippen molar-refractivity contribution in [2.45, 2.75) is 13.0 Å². The van der Waals surface area contributed by atoms with E-state index in [2.05, 4.69) is 20.8 Å². The first kappa shape index (κ1) is 19.8. The van der Waals surface area contributed by atoms with Crippen molar-refractivity contribution >= 4 is 46.7 Å². The molecule has 0 saturated carbocycles. The Morgan fingerprint density at radius 1 is 1.10 bits per heavy atom. The lowest BCUT2D eigenvalue weighted by molar-refractivity contribution is -0.116. The third-order valence-electron chi connectivity index (χ3n) is 4.23. The van der Waals surface area contributed by atoms with Crippen LogP contribution in [-0.4, -0.2) is 26.6 Å². The van der Waals surface area contributed by atoms with Crippen molar-refractivity contribution in [2.24, 2.45) is 0 Å². The normalized spacial score (nSPS) is 10.7. The number of thiophene rings is 1. The number of furan rings is 1. The second-order valence-electron chi connectivity index (χ2n) is 6.29. The van der Waals surface area contributed by atoms with Gasteiger partial charge in [-0.2, -0.15) is 5.10 Å². The Hall–Kier alpha value is -3.50. The standard InChI is InChI=1S/C20H17N5O3S2/c26-17(9-10-25-18(23-24-20(25)29)16-4-2-12-30-16)21-13-5-7-14(8-6-13)22-19(27)15-3-1-11-28-15/h1-8,11-12H,9-10H2,(H,21,26)(H,22,27)(H,24,29). The molecule has 0 radical (unpaired) electrons. The fraction of sp³-hybridized carbons (Fsp3) is 0.100. The summed E-state index contributed by atoms with van der Waals surface area (Å²) in [4.78, 5) is 25.3. The number of nitrogens with one attached hydrogen (secondary N) is 3. The number of amides is 2. The van der Waals surface area contributed by atoms with E-state index in [0.29, 0.717) is 22.7 Å². The van der Waals surface area contributed by atoms with Gasteiger partial charge in [0, 0.05) is 24.3 Å². The van der Waals surface area contributed by atoms with Crippen LogP contribution in [0.1, 0.15) is 17.0 Å². The van der Waals surface area contributed by atoms with Crippen LogP contribution in [0.2, 0.25) is 0 Å². The van der Waals surface area contributed by atoms with E-state index in [9.17, 15) is 9.59 Å². The molecule has 0 atom stereocenters. The van der Waals surface area contributed by atoms with Crippen molar-refractivity contribution < 1.29 is 14.0 Å².